The Balaban J connectivity index is 1.49. The highest BCUT2D eigenvalue weighted by molar-refractivity contribution is 7.85. The number of alkyl halides is 2. The van der Waals surface area contributed by atoms with E-state index in [-0.39, 0.29) is 31.1 Å². The lowest BCUT2D eigenvalue weighted by atomic mass is 9.91. The van der Waals surface area contributed by atoms with E-state index in [0.717, 1.165) is 24.5 Å². The Morgan fingerprint density at radius 2 is 1.95 bits per heavy atom. The fourth-order valence-electron chi connectivity index (χ4n) is 5.12. The predicted octanol–water partition coefficient (Wildman–Crippen LogP) is 6.05. The summed E-state index contributed by atoms with van der Waals surface area (Å²) >= 11 is 6.52. The van der Waals surface area contributed by atoms with Gasteiger partial charge in [0.25, 0.3) is 5.92 Å². The second-order valence-corrected chi connectivity index (χ2v) is 11.8. The molecular weight excluding hydrogens is 525 g/mol. The molecule has 1 aromatic carbocycles. The van der Waals surface area contributed by atoms with E-state index in [0.29, 0.717) is 39.3 Å². The minimum absolute atomic E-state index is 0.0918. The number of pyridine rings is 1. The molecule has 1 N–H and O–H groups in total. The summed E-state index contributed by atoms with van der Waals surface area (Å²) in [5.41, 5.74) is 0.707. The first-order valence-corrected chi connectivity index (χ1v) is 14.2. The van der Waals surface area contributed by atoms with Crippen LogP contribution in [0.1, 0.15) is 60.7 Å². The van der Waals surface area contributed by atoms with Crippen LogP contribution in [0.3, 0.4) is 0 Å². The van der Waals surface area contributed by atoms with Crippen LogP contribution in [0.15, 0.2) is 24.3 Å². The molecule has 3 aromatic rings. The number of anilines is 1. The fourth-order valence-corrected chi connectivity index (χ4v) is 6.71. The van der Waals surface area contributed by atoms with Gasteiger partial charge in [-0.25, -0.2) is 28.1 Å². The highest BCUT2D eigenvalue weighted by Gasteiger charge is 2.45. The highest BCUT2D eigenvalue weighted by atomic mass is 35.5. The van der Waals surface area contributed by atoms with E-state index in [1.54, 1.807) is 13.8 Å². The number of fused-ring (bicyclic) bond motifs is 1. The van der Waals surface area contributed by atoms with Crippen LogP contribution < -0.4 is 5.32 Å². The van der Waals surface area contributed by atoms with Crippen LogP contribution >= 0.6 is 11.6 Å². The molecule has 2 unspecified atom stereocenters. The SMILES string of the molecule is Cc1nc(NC(C)c2cccc(C(F)(F)C3CCOC3)c2F)c2cc(C3CCS(=O)CC3)c(Cl)nc2n1. The molecule has 0 radical (unpaired) electrons. The van der Waals surface area contributed by atoms with Gasteiger partial charge in [0, 0.05) is 34.5 Å². The lowest BCUT2D eigenvalue weighted by Gasteiger charge is -2.25. The van der Waals surface area contributed by atoms with Crippen molar-refractivity contribution in [2.24, 2.45) is 5.92 Å². The van der Waals surface area contributed by atoms with Gasteiger partial charge in [-0.05, 0) is 50.7 Å². The topological polar surface area (TPSA) is 77.0 Å². The number of aryl methyl sites for hydroxylation is 1. The number of halogens is 4. The van der Waals surface area contributed by atoms with Crippen molar-refractivity contribution in [2.75, 3.05) is 30.0 Å². The molecule has 0 aliphatic carbocycles. The van der Waals surface area contributed by atoms with E-state index in [4.69, 9.17) is 16.3 Å². The molecule has 2 aromatic heterocycles. The quantitative estimate of drug-likeness (QED) is 0.375. The van der Waals surface area contributed by atoms with Crippen LogP contribution in [0.25, 0.3) is 11.0 Å². The summed E-state index contributed by atoms with van der Waals surface area (Å²) in [6.07, 6.45) is 1.67. The van der Waals surface area contributed by atoms with Crippen LogP contribution in [0.2, 0.25) is 5.15 Å². The lowest BCUT2D eigenvalue weighted by molar-refractivity contribution is -0.0691. The summed E-state index contributed by atoms with van der Waals surface area (Å²) in [6.45, 7) is 3.56. The maximum atomic E-state index is 15.5. The first-order valence-electron chi connectivity index (χ1n) is 12.4. The average Bonchev–Trinajstić information content (AvgIpc) is 3.40. The molecule has 5 rings (SSSR count). The summed E-state index contributed by atoms with van der Waals surface area (Å²) in [5, 5.41) is 4.15. The van der Waals surface area contributed by atoms with Gasteiger partial charge in [-0.3, -0.25) is 4.21 Å². The van der Waals surface area contributed by atoms with Crippen molar-refractivity contribution >= 4 is 39.3 Å². The van der Waals surface area contributed by atoms with E-state index >= 15 is 13.2 Å². The number of hydrogen-bond donors (Lipinski definition) is 1. The molecule has 0 bridgehead atoms. The molecule has 2 saturated heterocycles. The number of hydrogen-bond acceptors (Lipinski definition) is 6. The Morgan fingerprint density at radius 3 is 2.65 bits per heavy atom. The Bertz CT molecular complexity index is 1340. The van der Waals surface area contributed by atoms with Gasteiger partial charge in [0.05, 0.1) is 29.5 Å². The summed E-state index contributed by atoms with van der Waals surface area (Å²) in [5.74, 6) is -3.14. The number of aromatic nitrogens is 3. The van der Waals surface area contributed by atoms with Crippen LogP contribution in [0, 0.1) is 18.7 Å². The average molecular weight is 553 g/mol. The van der Waals surface area contributed by atoms with Crippen molar-refractivity contribution in [3.05, 3.63) is 57.8 Å². The first kappa shape index (κ1) is 26.3. The highest BCUT2D eigenvalue weighted by Crippen LogP contribution is 2.43. The lowest BCUT2D eigenvalue weighted by Crippen LogP contribution is -2.28. The summed E-state index contributed by atoms with van der Waals surface area (Å²) in [6, 6.07) is 5.30. The normalized spacial score (nSPS) is 23.4. The van der Waals surface area contributed by atoms with Crippen LogP contribution in [-0.2, 0) is 21.5 Å². The molecule has 11 heteroatoms. The zero-order chi connectivity index (χ0) is 26.3. The van der Waals surface area contributed by atoms with Gasteiger partial charge in [0.1, 0.15) is 22.6 Å². The third-order valence-electron chi connectivity index (χ3n) is 7.26. The van der Waals surface area contributed by atoms with Crippen molar-refractivity contribution in [1.82, 2.24) is 15.0 Å². The Hall–Kier alpha value is -2.30. The van der Waals surface area contributed by atoms with Gasteiger partial charge in [-0.15, -0.1) is 0 Å². The molecule has 198 valence electrons. The van der Waals surface area contributed by atoms with Crippen LogP contribution in [0.4, 0.5) is 19.0 Å². The minimum Gasteiger partial charge on any atom is -0.381 e. The Kier molecular flexibility index (Phi) is 7.44. The van der Waals surface area contributed by atoms with E-state index in [1.807, 2.05) is 6.07 Å². The molecule has 2 atom stereocenters. The predicted molar refractivity (Wildman–Crippen MR) is 138 cm³/mol. The van der Waals surface area contributed by atoms with E-state index in [1.165, 1.54) is 12.1 Å². The van der Waals surface area contributed by atoms with Gasteiger partial charge >= 0.3 is 0 Å². The molecule has 37 heavy (non-hydrogen) atoms. The molecule has 2 aliphatic rings. The van der Waals surface area contributed by atoms with Gasteiger partial charge in [-0.1, -0.05) is 29.8 Å². The zero-order valence-corrected chi connectivity index (χ0v) is 22.1. The second kappa shape index (κ2) is 10.5. The second-order valence-electron chi connectivity index (χ2n) is 9.74. The molecule has 2 fully saturated rings. The Labute approximate surface area is 220 Å². The van der Waals surface area contributed by atoms with Gasteiger partial charge in [0.15, 0.2) is 5.65 Å². The summed E-state index contributed by atoms with van der Waals surface area (Å²) < 4.78 is 62.7. The fraction of sp³-hybridized carbons (Fsp3) is 0.500. The van der Waals surface area contributed by atoms with Crippen LogP contribution in [0.5, 0.6) is 0 Å². The number of benzene rings is 1. The van der Waals surface area contributed by atoms with Crippen LogP contribution in [-0.4, -0.2) is 43.9 Å². The molecule has 2 aliphatic heterocycles. The molecule has 6 nitrogen and oxygen atoms in total. The third kappa shape index (κ3) is 5.20. The van der Waals surface area contributed by atoms with Crippen molar-refractivity contribution in [3.63, 3.8) is 0 Å². The minimum atomic E-state index is -3.34. The molecule has 0 spiro atoms. The summed E-state index contributed by atoms with van der Waals surface area (Å²) in [4.78, 5) is 13.4. The van der Waals surface area contributed by atoms with Gasteiger partial charge in [-0.2, -0.15) is 0 Å². The van der Waals surface area contributed by atoms with Crippen molar-refractivity contribution in [3.8, 4) is 0 Å². The largest absolute Gasteiger partial charge is 0.381 e. The van der Waals surface area contributed by atoms with Crippen molar-refractivity contribution in [1.29, 1.82) is 0 Å². The number of nitrogens with zero attached hydrogens (tertiary/aromatic N) is 3. The zero-order valence-electron chi connectivity index (χ0n) is 20.6. The first-order chi connectivity index (χ1) is 17.6. The molecule has 0 saturated carbocycles. The monoisotopic (exact) mass is 552 g/mol. The maximum absolute atomic E-state index is 15.5. The summed E-state index contributed by atoms with van der Waals surface area (Å²) in [7, 11) is -0.813. The number of rotatable bonds is 6. The molecule has 4 heterocycles. The standard InChI is InChI=1S/C26H28ClF3N4O2S/c1-14(18-4-3-5-21(22(18)28)26(29,30)17-6-9-36-13-17)31-24-20-12-19(16-7-10-37(35)11-8-16)23(27)34-25(20)33-15(2)32-24/h3-5,12,14,16-17H,6-11,13H2,1-2H3,(H,31,32,33,34). The van der Waals surface area contributed by atoms with Gasteiger partial charge in [0.2, 0.25) is 0 Å². The Morgan fingerprint density at radius 1 is 1.19 bits per heavy atom. The third-order valence-corrected chi connectivity index (χ3v) is 8.94. The number of nitrogens with one attached hydrogen (secondary N) is 1. The van der Waals surface area contributed by atoms with Crippen molar-refractivity contribution in [2.45, 2.75) is 51.0 Å². The van der Waals surface area contributed by atoms with Crippen molar-refractivity contribution < 1.29 is 22.1 Å². The number of ether oxygens (including phenoxy) is 1. The van der Waals surface area contributed by atoms with E-state index in [2.05, 4.69) is 20.3 Å². The van der Waals surface area contributed by atoms with E-state index < -0.39 is 40.1 Å². The smallest absolute Gasteiger partial charge is 0.281 e. The molecular formula is C26H28ClF3N4O2S. The van der Waals surface area contributed by atoms with E-state index in [9.17, 15) is 4.21 Å². The maximum Gasteiger partial charge on any atom is 0.281 e. The van der Waals surface area contributed by atoms with Gasteiger partial charge < -0.3 is 10.1 Å². The molecule has 0 amide bonds.